The predicted octanol–water partition coefficient (Wildman–Crippen LogP) is 4.43. The number of hydrogen-bond donors (Lipinski definition) is 1. The van der Waals surface area contributed by atoms with Gasteiger partial charge in [-0.15, -0.1) is 0 Å². The van der Waals surface area contributed by atoms with E-state index in [1.54, 1.807) is 0 Å². The van der Waals surface area contributed by atoms with Gasteiger partial charge in [-0.05, 0) is 48.6 Å². The van der Waals surface area contributed by atoms with Crippen molar-refractivity contribution in [3.05, 3.63) is 35.4 Å². The van der Waals surface area contributed by atoms with Crippen molar-refractivity contribution >= 4 is 0 Å². The number of benzene rings is 1. The summed E-state index contributed by atoms with van der Waals surface area (Å²) >= 11 is 0. The largest absolute Gasteiger partial charge is 0.358 e. The van der Waals surface area contributed by atoms with Gasteiger partial charge in [0, 0.05) is 0 Å². The monoisotopic (exact) mass is 264 g/mol. The van der Waals surface area contributed by atoms with E-state index in [-0.39, 0.29) is 0 Å². The molecule has 3 N–H and O–H groups in total. The fourth-order valence-electron chi connectivity index (χ4n) is 1.80. The lowest BCUT2D eigenvalue weighted by Crippen LogP contribution is -2.50. The predicted molar refractivity (Wildman–Crippen MR) is 86.4 cm³/mol. The summed E-state index contributed by atoms with van der Waals surface area (Å²) in [6.45, 7) is 12.1. The first-order valence-electron chi connectivity index (χ1n) is 7.89. The van der Waals surface area contributed by atoms with Gasteiger partial charge in [0.2, 0.25) is 0 Å². The van der Waals surface area contributed by atoms with Crippen molar-refractivity contribution in [3.8, 4) is 0 Å². The minimum Gasteiger partial charge on any atom is -0.358 e. The summed E-state index contributed by atoms with van der Waals surface area (Å²) in [6.07, 6.45) is 4.95. The maximum absolute atomic E-state index is 3.88. The molecule has 0 aliphatic carbocycles. The van der Waals surface area contributed by atoms with Crippen molar-refractivity contribution in [1.29, 1.82) is 0 Å². The van der Waals surface area contributed by atoms with Crippen LogP contribution in [0.1, 0.15) is 70.9 Å². The lowest BCUT2D eigenvalue weighted by Gasteiger charge is -2.10. The number of unbranched alkanes of at least 4 members (excludes halogenated alkanes) is 1. The number of quaternary nitrogens is 1. The summed E-state index contributed by atoms with van der Waals surface area (Å²) in [4.78, 5) is 0. The van der Waals surface area contributed by atoms with Crippen LogP contribution in [-0.2, 0) is 6.42 Å². The molecule has 0 heterocycles. The minimum atomic E-state index is 0.692. The second kappa shape index (κ2) is 11.0. The Balaban J connectivity index is 0.000000711. The van der Waals surface area contributed by atoms with Crippen LogP contribution in [0.25, 0.3) is 0 Å². The van der Waals surface area contributed by atoms with Crippen LogP contribution in [0.5, 0.6) is 0 Å². The normalized spacial score (nSPS) is 11.9. The van der Waals surface area contributed by atoms with Crippen molar-refractivity contribution in [3.63, 3.8) is 0 Å². The van der Waals surface area contributed by atoms with Crippen LogP contribution in [-0.4, -0.2) is 6.54 Å². The van der Waals surface area contributed by atoms with E-state index in [0.717, 1.165) is 12.5 Å². The molecule has 0 bridgehead atoms. The Hall–Kier alpha value is -0.820. The van der Waals surface area contributed by atoms with Gasteiger partial charge in [-0.2, -0.15) is 0 Å². The van der Waals surface area contributed by atoms with Crippen LogP contribution >= 0.6 is 0 Å². The van der Waals surface area contributed by atoms with Crippen LogP contribution in [0.15, 0.2) is 24.3 Å². The Labute approximate surface area is 120 Å². The summed E-state index contributed by atoms with van der Waals surface area (Å²) in [7, 11) is 0. The molecule has 110 valence electrons. The van der Waals surface area contributed by atoms with E-state index < -0.39 is 0 Å². The van der Waals surface area contributed by atoms with E-state index >= 15 is 0 Å². The molecule has 1 heteroatoms. The van der Waals surface area contributed by atoms with Gasteiger partial charge in [0.25, 0.3) is 0 Å². The Bertz CT molecular complexity index is 314. The van der Waals surface area contributed by atoms with Gasteiger partial charge in [0.05, 0.1) is 6.54 Å². The van der Waals surface area contributed by atoms with Crippen molar-refractivity contribution < 1.29 is 5.73 Å². The summed E-state index contributed by atoms with van der Waals surface area (Å²) < 4.78 is 0. The van der Waals surface area contributed by atoms with E-state index in [9.17, 15) is 0 Å². The standard InChI is InChI=1S/C14H23N.C4H10/c1-3-12(2)14-9-6-8-13(11-14)7-4-5-10-15;1-4(2)3/h6,8-9,11-12H,3-5,7,10,15H2,1-2H3;4H,1-3H3/p+1. The van der Waals surface area contributed by atoms with E-state index in [4.69, 9.17) is 0 Å². The van der Waals surface area contributed by atoms with Crippen LogP contribution in [0.2, 0.25) is 0 Å². The van der Waals surface area contributed by atoms with Gasteiger partial charge in [0.15, 0.2) is 0 Å². The molecule has 19 heavy (non-hydrogen) atoms. The van der Waals surface area contributed by atoms with Crippen molar-refractivity contribution in [2.45, 2.75) is 66.2 Å². The average Bonchev–Trinajstić information content (AvgIpc) is 2.38. The fraction of sp³-hybridized carbons (Fsp3) is 0.667. The van der Waals surface area contributed by atoms with Crippen molar-refractivity contribution in [2.75, 3.05) is 6.54 Å². The molecule has 0 saturated heterocycles. The molecule has 1 atom stereocenters. The van der Waals surface area contributed by atoms with Crippen LogP contribution in [0.3, 0.4) is 0 Å². The van der Waals surface area contributed by atoms with Crippen LogP contribution in [0, 0.1) is 5.92 Å². The molecule has 1 unspecified atom stereocenters. The quantitative estimate of drug-likeness (QED) is 0.736. The van der Waals surface area contributed by atoms with Gasteiger partial charge in [-0.25, -0.2) is 0 Å². The van der Waals surface area contributed by atoms with Gasteiger partial charge >= 0.3 is 0 Å². The highest BCUT2D eigenvalue weighted by Crippen LogP contribution is 2.20. The SMILES string of the molecule is CC(C)C.CCC(C)c1cccc(CCCC[NH3+])c1. The molecule has 0 amide bonds. The van der Waals surface area contributed by atoms with Gasteiger partial charge in [-0.3, -0.25) is 0 Å². The van der Waals surface area contributed by atoms with Crippen LogP contribution < -0.4 is 5.73 Å². The maximum atomic E-state index is 3.88. The summed E-state index contributed by atoms with van der Waals surface area (Å²) in [5.41, 5.74) is 6.85. The molecule has 1 aromatic rings. The van der Waals surface area contributed by atoms with E-state index in [1.165, 1.54) is 36.8 Å². The lowest BCUT2D eigenvalue weighted by molar-refractivity contribution is -0.368. The Morgan fingerprint density at radius 3 is 2.21 bits per heavy atom. The van der Waals surface area contributed by atoms with Crippen molar-refractivity contribution in [1.82, 2.24) is 0 Å². The highest BCUT2D eigenvalue weighted by Gasteiger charge is 2.03. The molecule has 0 spiro atoms. The van der Waals surface area contributed by atoms with Gasteiger partial charge in [0.1, 0.15) is 0 Å². The van der Waals surface area contributed by atoms with E-state index in [0.29, 0.717) is 5.92 Å². The fourth-order valence-corrected chi connectivity index (χ4v) is 1.80. The smallest absolute Gasteiger partial charge is 0.0739 e. The molecule has 0 aromatic heterocycles. The Kier molecular flexibility index (Phi) is 10.6. The molecule has 0 aliphatic heterocycles. The molecule has 1 rings (SSSR count). The molecule has 0 radical (unpaired) electrons. The molecule has 1 aromatic carbocycles. The van der Waals surface area contributed by atoms with Crippen LogP contribution in [0.4, 0.5) is 0 Å². The lowest BCUT2D eigenvalue weighted by atomic mass is 9.95. The Morgan fingerprint density at radius 2 is 1.68 bits per heavy atom. The third-order valence-electron chi connectivity index (χ3n) is 3.10. The van der Waals surface area contributed by atoms with Gasteiger partial charge < -0.3 is 5.73 Å². The zero-order valence-corrected chi connectivity index (χ0v) is 13.7. The summed E-state index contributed by atoms with van der Waals surface area (Å²) in [6, 6.07) is 9.06. The second-order valence-corrected chi connectivity index (χ2v) is 6.10. The third kappa shape index (κ3) is 9.72. The topological polar surface area (TPSA) is 27.6 Å². The highest BCUT2D eigenvalue weighted by atomic mass is 14.5. The molecular formula is C18H34N+. The minimum absolute atomic E-state index is 0.692. The number of aryl methyl sites for hydroxylation is 1. The first-order chi connectivity index (χ1) is 9.01. The first-order valence-corrected chi connectivity index (χ1v) is 7.89. The van der Waals surface area contributed by atoms with Crippen molar-refractivity contribution in [2.24, 2.45) is 5.92 Å². The summed E-state index contributed by atoms with van der Waals surface area (Å²) in [5, 5.41) is 0. The number of hydrogen-bond acceptors (Lipinski definition) is 0. The zero-order chi connectivity index (χ0) is 14.7. The average molecular weight is 264 g/mol. The van der Waals surface area contributed by atoms with Gasteiger partial charge in [-0.1, -0.05) is 58.9 Å². The third-order valence-corrected chi connectivity index (χ3v) is 3.10. The second-order valence-electron chi connectivity index (χ2n) is 6.10. The molecule has 0 fully saturated rings. The molecule has 1 nitrogen and oxygen atoms in total. The molecular weight excluding hydrogens is 230 g/mol. The van der Waals surface area contributed by atoms with E-state index in [2.05, 4.69) is 64.6 Å². The molecule has 0 aliphatic rings. The zero-order valence-electron chi connectivity index (χ0n) is 13.7. The summed E-state index contributed by atoms with van der Waals surface area (Å²) in [5.74, 6) is 1.53. The Morgan fingerprint density at radius 1 is 1.05 bits per heavy atom. The number of rotatable bonds is 6. The molecule has 0 saturated carbocycles. The maximum Gasteiger partial charge on any atom is 0.0739 e. The van der Waals surface area contributed by atoms with E-state index in [1.807, 2.05) is 0 Å². The highest BCUT2D eigenvalue weighted by molar-refractivity contribution is 5.26. The first kappa shape index (κ1) is 18.2.